The van der Waals surface area contributed by atoms with E-state index in [1.54, 1.807) is 0 Å². The highest BCUT2D eigenvalue weighted by molar-refractivity contribution is 9.10. The lowest BCUT2D eigenvalue weighted by Gasteiger charge is -2.36. The maximum Gasteiger partial charge on any atom is 0.143 e. The van der Waals surface area contributed by atoms with Gasteiger partial charge in [0.15, 0.2) is 0 Å². The van der Waals surface area contributed by atoms with E-state index in [2.05, 4.69) is 28.2 Å². The molecule has 1 aliphatic rings. The van der Waals surface area contributed by atoms with Gasteiger partial charge in [-0.2, -0.15) is 0 Å². The van der Waals surface area contributed by atoms with Crippen molar-refractivity contribution in [3.05, 3.63) is 33.8 Å². The average Bonchev–Trinajstić information content (AvgIpc) is 2.47. The van der Waals surface area contributed by atoms with Gasteiger partial charge < -0.3 is 5.32 Å². The molecule has 0 aromatic heterocycles. The fourth-order valence-electron chi connectivity index (χ4n) is 3.36. The molecular formula is C16H22BrF2N. The molecule has 1 aromatic rings. The molecule has 3 unspecified atom stereocenters. The largest absolute Gasteiger partial charge is 0.317 e. The minimum absolute atomic E-state index is 0.223. The number of rotatable bonds is 4. The van der Waals surface area contributed by atoms with Crippen LogP contribution in [0, 0.1) is 23.5 Å². The van der Waals surface area contributed by atoms with Crippen molar-refractivity contribution in [1.82, 2.24) is 5.32 Å². The van der Waals surface area contributed by atoms with E-state index in [0.29, 0.717) is 28.8 Å². The Hall–Kier alpha value is -0.480. The number of hydrogen-bond donors (Lipinski definition) is 1. The Morgan fingerprint density at radius 3 is 2.70 bits per heavy atom. The Morgan fingerprint density at radius 2 is 2.05 bits per heavy atom. The Balaban J connectivity index is 2.20. The molecule has 1 N–H and O–H groups in total. The van der Waals surface area contributed by atoms with Gasteiger partial charge >= 0.3 is 0 Å². The minimum Gasteiger partial charge on any atom is -0.317 e. The molecule has 0 bridgehead atoms. The van der Waals surface area contributed by atoms with Gasteiger partial charge in [-0.15, -0.1) is 0 Å². The van der Waals surface area contributed by atoms with Crippen molar-refractivity contribution in [3.63, 3.8) is 0 Å². The van der Waals surface area contributed by atoms with Gasteiger partial charge in [0.05, 0.1) is 4.47 Å². The highest BCUT2D eigenvalue weighted by Crippen LogP contribution is 2.35. The Kier molecular flexibility index (Phi) is 5.56. The van der Waals surface area contributed by atoms with E-state index in [1.807, 2.05) is 7.05 Å². The van der Waals surface area contributed by atoms with Crippen LogP contribution >= 0.6 is 15.9 Å². The van der Waals surface area contributed by atoms with Gasteiger partial charge in [0.1, 0.15) is 11.6 Å². The molecule has 4 heteroatoms. The molecule has 0 amide bonds. The fourth-order valence-corrected chi connectivity index (χ4v) is 3.73. The van der Waals surface area contributed by atoms with Crippen LogP contribution in [0.2, 0.25) is 0 Å². The lowest BCUT2D eigenvalue weighted by atomic mass is 9.74. The van der Waals surface area contributed by atoms with Crippen LogP contribution in [0.4, 0.5) is 8.78 Å². The molecule has 0 heterocycles. The molecule has 0 saturated heterocycles. The van der Waals surface area contributed by atoms with Crippen LogP contribution in [0.15, 0.2) is 16.6 Å². The van der Waals surface area contributed by atoms with Crippen molar-refractivity contribution in [2.45, 2.75) is 45.1 Å². The third-order valence-corrected chi connectivity index (χ3v) is 5.26. The molecular weight excluding hydrogens is 324 g/mol. The second kappa shape index (κ2) is 6.99. The summed E-state index contributed by atoms with van der Waals surface area (Å²) in [5, 5.41) is 3.32. The molecule has 0 spiro atoms. The van der Waals surface area contributed by atoms with E-state index in [1.165, 1.54) is 18.6 Å². The molecule has 1 fully saturated rings. The number of benzene rings is 1. The molecule has 1 aromatic carbocycles. The molecule has 3 atom stereocenters. The summed E-state index contributed by atoms with van der Waals surface area (Å²) < 4.78 is 28.4. The number of hydrogen-bond acceptors (Lipinski definition) is 1. The Morgan fingerprint density at radius 1 is 1.30 bits per heavy atom. The standard InChI is InChI=1S/C16H22BrF2N/c1-3-10-4-7-15(20-2)11(8-10)9-12-14(18)6-5-13(17)16(12)19/h5-6,10-11,15,20H,3-4,7-9H2,1-2H3. The lowest BCUT2D eigenvalue weighted by molar-refractivity contribution is 0.203. The van der Waals surface area contributed by atoms with Crippen LogP contribution in [0.5, 0.6) is 0 Å². The van der Waals surface area contributed by atoms with Crippen molar-refractivity contribution in [2.24, 2.45) is 11.8 Å². The topological polar surface area (TPSA) is 12.0 Å². The quantitative estimate of drug-likeness (QED) is 0.781. The summed E-state index contributed by atoms with van der Waals surface area (Å²) in [6.07, 6.45) is 4.97. The van der Waals surface area contributed by atoms with Crippen molar-refractivity contribution >= 4 is 15.9 Å². The molecule has 0 aliphatic heterocycles. The van der Waals surface area contributed by atoms with Gasteiger partial charge in [-0.05, 0) is 72.6 Å². The second-order valence-electron chi connectivity index (χ2n) is 5.77. The van der Waals surface area contributed by atoms with E-state index >= 15 is 0 Å². The molecule has 2 rings (SSSR count). The summed E-state index contributed by atoms with van der Waals surface area (Å²) in [5.41, 5.74) is 0.223. The number of halogens is 3. The Bertz CT molecular complexity index is 464. The van der Waals surface area contributed by atoms with Gasteiger partial charge in [-0.1, -0.05) is 13.3 Å². The van der Waals surface area contributed by atoms with Crippen molar-refractivity contribution < 1.29 is 8.78 Å². The fraction of sp³-hybridized carbons (Fsp3) is 0.625. The summed E-state index contributed by atoms with van der Waals surface area (Å²) in [4.78, 5) is 0. The van der Waals surface area contributed by atoms with Crippen molar-refractivity contribution in [2.75, 3.05) is 7.05 Å². The predicted molar refractivity (Wildman–Crippen MR) is 81.7 cm³/mol. The number of nitrogens with one attached hydrogen (secondary N) is 1. The van der Waals surface area contributed by atoms with Crippen LogP contribution < -0.4 is 5.32 Å². The summed E-state index contributed by atoms with van der Waals surface area (Å²) in [5.74, 6) is 0.109. The summed E-state index contributed by atoms with van der Waals surface area (Å²) >= 11 is 3.15. The molecule has 20 heavy (non-hydrogen) atoms. The zero-order valence-corrected chi connectivity index (χ0v) is 13.6. The molecule has 0 radical (unpaired) electrons. The van der Waals surface area contributed by atoms with Gasteiger partial charge in [-0.25, -0.2) is 8.78 Å². The van der Waals surface area contributed by atoms with Crippen LogP contribution in [-0.2, 0) is 6.42 Å². The Labute approximate surface area is 128 Å². The zero-order chi connectivity index (χ0) is 14.7. The third-order valence-electron chi connectivity index (χ3n) is 4.64. The van der Waals surface area contributed by atoms with Gasteiger partial charge in [0, 0.05) is 11.6 Å². The van der Waals surface area contributed by atoms with E-state index in [9.17, 15) is 8.78 Å². The first-order valence-electron chi connectivity index (χ1n) is 7.36. The monoisotopic (exact) mass is 345 g/mol. The summed E-state index contributed by atoms with van der Waals surface area (Å²) in [6.45, 7) is 2.20. The first kappa shape index (κ1) is 15.9. The summed E-state index contributed by atoms with van der Waals surface area (Å²) in [7, 11) is 1.94. The van der Waals surface area contributed by atoms with Gasteiger partial charge in [0.2, 0.25) is 0 Å². The van der Waals surface area contributed by atoms with Crippen molar-refractivity contribution in [1.29, 1.82) is 0 Å². The van der Waals surface area contributed by atoms with Gasteiger partial charge in [-0.3, -0.25) is 0 Å². The lowest BCUT2D eigenvalue weighted by Crippen LogP contribution is -2.39. The smallest absolute Gasteiger partial charge is 0.143 e. The summed E-state index contributed by atoms with van der Waals surface area (Å²) in [6, 6.07) is 3.13. The van der Waals surface area contributed by atoms with E-state index < -0.39 is 11.6 Å². The second-order valence-corrected chi connectivity index (χ2v) is 6.62. The molecule has 1 nitrogen and oxygen atoms in total. The maximum absolute atomic E-state index is 14.1. The molecule has 1 saturated carbocycles. The zero-order valence-electron chi connectivity index (χ0n) is 12.1. The first-order valence-corrected chi connectivity index (χ1v) is 8.15. The maximum atomic E-state index is 14.1. The first-order chi connectivity index (χ1) is 9.56. The van der Waals surface area contributed by atoms with E-state index in [0.717, 1.165) is 19.3 Å². The molecule has 1 aliphatic carbocycles. The van der Waals surface area contributed by atoms with E-state index in [4.69, 9.17) is 0 Å². The highest BCUT2D eigenvalue weighted by Gasteiger charge is 2.30. The highest BCUT2D eigenvalue weighted by atomic mass is 79.9. The van der Waals surface area contributed by atoms with Crippen molar-refractivity contribution in [3.8, 4) is 0 Å². The van der Waals surface area contributed by atoms with Crippen LogP contribution in [0.3, 0.4) is 0 Å². The SMILES string of the molecule is CCC1CCC(NC)C(Cc2c(F)ccc(Br)c2F)C1. The third kappa shape index (κ3) is 3.40. The van der Waals surface area contributed by atoms with Crippen LogP contribution in [0.25, 0.3) is 0 Å². The van der Waals surface area contributed by atoms with Crippen LogP contribution in [-0.4, -0.2) is 13.1 Å². The predicted octanol–water partition coefficient (Wildman–Crippen LogP) is 4.68. The average molecular weight is 346 g/mol. The normalized spacial score (nSPS) is 26.8. The van der Waals surface area contributed by atoms with Gasteiger partial charge in [0.25, 0.3) is 0 Å². The van der Waals surface area contributed by atoms with E-state index in [-0.39, 0.29) is 5.56 Å². The van der Waals surface area contributed by atoms with Crippen LogP contribution in [0.1, 0.15) is 38.2 Å². The molecule has 112 valence electrons. The minimum atomic E-state index is -0.446.